The Hall–Kier alpha value is -1.85. The zero-order valence-corrected chi connectivity index (χ0v) is 15.6. The molecule has 25 heavy (non-hydrogen) atoms. The summed E-state index contributed by atoms with van der Waals surface area (Å²) in [5.74, 6) is 0.808. The fraction of sp³-hybridized carbons (Fsp3) is 0.450. The molecule has 1 aliphatic heterocycles. The normalized spacial score (nSPS) is 17.2. The van der Waals surface area contributed by atoms with Crippen LogP contribution in [-0.4, -0.2) is 30.6 Å². The van der Waals surface area contributed by atoms with Crippen LogP contribution >= 0.6 is 11.3 Å². The summed E-state index contributed by atoms with van der Waals surface area (Å²) in [6, 6.07) is 14.4. The number of likely N-dealkylation sites (tertiary alicyclic amines) is 1. The van der Waals surface area contributed by atoms with E-state index in [0.717, 1.165) is 24.6 Å². The summed E-state index contributed by atoms with van der Waals surface area (Å²) >= 11 is 1.77. The maximum Gasteiger partial charge on any atom is 0.315 e. The third kappa shape index (κ3) is 5.31. The molecule has 1 aliphatic rings. The summed E-state index contributed by atoms with van der Waals surface area (Å²) in [5, 5.41) is 8.12. The van der Waals surface area contributed by atoms with Crippen molar-refractivity contribution in [2.75, 3.05) is 19.6 Å². The molecule has 0 radical (unpaired) electrons. The number of carbonyl (C=O) groups excluding carboxylic acids is 1. The van der Waals surface area contributed by atoms with Gasteiger partial charge in [-0.3, -0.25) is 4.90 Å². The molecule has 3 rings (SSSR count). The minimum atomic E-state index is -0.101. The highest BCUT2D eigenvalue weighted by atomic mass is 32.1. The van der Waals surface area contributed by atoms with Gasteiger partial charge in [0.2, 0.25) is 0 Å². The first-order chi connectivity index (χ1) is 12.2. The van der Waals surface area contributed by atoms with Crippen molar-refractivity contribution < 1.29 is 4.79 Å². The van der Waals surface area contributed by atoms with E-state index in [1.165, 1.54) is 17.7 Å². The average Bonchev–Trinajstić information content (AvgIpc) is 3.17. The number of rotatable bonds is 6. The SMILES string of the molecule is CC1CCN(C(CNC(=O)NCc2ccccc2)c2cccs2)CC1. The molecule has 1 unspecified atom stereocenters. The van der Waals surface area contributed by atoms with Crippen LogP contribution in [0.15, 0.2) is 47.8 Å². The lowest BCUT2D eigenvalue weighted by Gasteiger charge is -2.36. The number of urea groups is 1. The van der Waals surface area contributed by atoms with Crippen LogP contribution in [0, 0.1) is 5.92 Å². The van der Waals surface area contributed by atoms with Crippen molar-refractivity contribution in [3.05, 3.63) is 58.3 Å². The maximum atomic E-state index is 12.2. The van der Waals surface area contributed by atoms with Crippen molar-refractivity contribution in [3.63, 3.8) is 0 Å². The van der Waals surface area contributed by atoms with Gasteiger partial charge < -0.3 is 10.6 Å². The van der Waals surface area contributed by atoms with E-state index in [1.54, 1.807) is 11.3 Å². The van der Waals surface area contributed by atoms with Crippen LogP contribution in [0.3, 0.4) is 0 Å². The highest BCUT2D eigenvalue weighted by Crippen LogP contribution is 2.28. The summed E-state index contributed by atoms with van der Waals surface area (Å²) in [6.45, 7) is 5.74. The Morgan fingerprint density at radius 1 is 1.16 bits per heavy atom. The van der Waals surface area contributed by atoms with Crippen molar-refractivity contribution in [2.45, 2.75) is 32.4 Å². The molecule has 5 heteroatoms. The van der Waals surface area contributed by atoms with Gasteiger partial charge >= 0.3 is 6.03 Å². The molecule has 1 atom stereocenters. The summed E-state index contributed by atoms with van der Waals surface area (Å²) in [5.41, 5.74) is 1.11. The van der Waals surface area contributed by atoms with Crippen LogP contribution in [0.5, 0.6) is 0 Å². The first-order valence-corrected chi connectivity index (χ1v) is 9.93. The van der Waals surface area contributed by atoms with Crippen LogP contribution < -0.4 is 10.6 Å². The predicted octanol–water partition coefficient (Wildman–Crippen LogP) is 4.02. The predicted molar refractivity (Wildman–Crippen MR) is 104 cm³/mol. The minimum absolute atomic E-state index is 0.101. The average molecular weight is 358 g/mol. The van der Waals surface area contributed by atoms with Gasteiger partial charge in [-0.15, -0.1) is 11.3 Å². The van der Waals surface area contributed by atoms with Gasteiger partial charge in [0.05, 0.1) is 6.04 Å². The molecule has 2 heterocycles. The number of nitrogens with one attached hydrogen (secondary N) is 2. The van der Waals surface area contributed by atoms with Crippen molar-refractivity contribution in [3.8, 4) is 0 Å². The first-order valence-electron chi connectivity index (χ1n) is 9.05. The van der Waals surface area contributed by atoms with Crippen molar-refractivity contribution in [2.24, 2.45) is 5.92 Å². The number of carbonyl (C=O) groups is 1. The molecule has 2 N–H and O–H groups in total. The molecule has 0 spiro atoms. The molecular formula is C20H27N3OS. The van der Waals surface area contributed by atoms with Crippen LogP contribution in [0.2, 0.25) is 0 Å². The monoisotopic (exact) mass is 357 g/mol. The summed E-state index contributed by atoms with van der Waals surface area (Å²) < 4.78 is 0. The largest absolute Gasteiger partial charge is 0.336 e. The molecule has 134 valence electrons. The van der Waals surface area contributed by atoms with Crippen molar-refractivity contribution in [1.82, 2.24) is 15.5 Å². The Morgan fingerprint density at radius 2 is 1.92 bits per heavy atom. The van der Waals surface area contributed by atoms with Crippen molar-refractivity contribution in [1.29, 1.82) is 0 Å². The topological polar surface area (TPSA) is 44.4 Å². The van der Waals surface area contributed by atoms with E-state index in [9.17, 15) is 4.79 Å². The quantitative estimate of drug-likeness (QED) is 0.820. The second-order valence-corrected chi connectivity index (χ2v) is 7.78. The molecular weight excluding hydrogens is 330 g/mol. The second-order valence-electron chi connectivity index (χ2n) is 6.80. The van der Waals surface area contributed by atoms with Gasteiger partial charge in [0.15, 0.2) is 0 Å². The summed E-state index contributed by atoms with van der Waals surface area (Å²) in [4.78, 5) is 16.0. The molecule has 1 fully saturated rings. The van der Waals surface area contributed by atoms with E-state index < -0.39 is 0 Å². The fourth-order valence-corrected chi connectivity index (χ4v) is 4.12. The van der Waals surface area contributed by atoms with Crippen LogP contribution in [0.1, 0.15) is 36.2 Å². The lowest BCUT2D eigenvalue weighted by molar-refractivity contribution is 0.138. The summed E-state index contributed by atoms with van der Waals surface area (Å²) in [6.07, 6.45) is 2.48. The molecule has 4 nitrogen and oxygen atoms in total. The third-order valence-electron chi connectivity index (χ3n) is 4.88. The Balaban J connectivity index is 1.52. The molecule has 1 aromatic carbocycles. The zero-order valence-electron chi connectivity index (χ0n) is 14.8. The van der Waals surface area contributed by atoms with Gasteiger partial charge in [0, 0.05) is 18.0 Å². The lowest BCUT2D eigenvalue weighted by atomic mass is 9.97. The number of nitrogens with zero attached hydrogens (tertiary/aromatic N) is 1. The van der Waals surface area contributed by atoms with Crippen LogP contribution in [0.4, 0.5) is 4.79 Å². The molecule has 0 aliphatic carbocycles. The van der Waals surface area contributed by atoms with Crippen LogP contribution in [0.25, 0.3) is 0 Å². The Kier molecular flexibility index (Phi) is 6.48. The zero-order chi connectivity index (χ0) is 17.5. The standard InChI is InChI=1S/C20H27N3OS/c1-16-9-11-23(12-10-16)18(19-8-5-13-25-19)15-22-20(24)21-14-17-6-3-2-4-7-17/h2-8,13,16,18H,9-12,14-15H2,1H3,(H2,21,22,24). The van der Waals surface area contributed by atoms with Gasteiger partial charge in [-0.25, -0.2) is 4.79 Å². The number of piperidine rings is 1. The Bertz CT molecular complexity index is 636. The smallest absolute Gasteiger partial charge is 0.315 e. The van der Waals surface area contributed by atoms with Crippen molar-refractivity contribution >= 4 is 17.4 Å². The van der Waals surface area contributed by atoms with E-state index in [1.807, 2.05) is 30.3 Å². The molecule has 2 amide bonds. The van der Waals surface area contributed by atoms with Gasteiger partial charge in [0.1, 0.15) is 0 Å². The van der Waals surface area contributed by atoms with Gasteiger partial charge in [-0.05, 0) is 48.9 Å². The summed E-state index contributed by atoms with van der Waals surface area (Å²) in [7, 11) is 0. The Labute approximate surface area is 154 Å². The van der Waals surface area contributed by atoms with E-state index in [2.05, 4.69) is 40.0 Å². The number of benzene rings is 1. The number of hydrogen-bond donors (Lipinski definition) is 2. The van der Waals surface area contributed by atoms with E-state index >= 15 is 0 Å². The van der Waals surface area contributed by atoms with Gasteiger partial charge in [0.25, 0.3) is 0 Å². The number of amides is 2. The first kappa shape index (κ1) is 18.0. The van der Waals surface area contributed by atoms with Crippen LogP contribution in [-0.2, 0) is 6.54 Å². The molecule has 1 aromatic heterocycles. The maximum absolute atomic E-state index is 12.2. The van der Waals surface area contributed by atoms with Gasteiger partial charge in [-0.1, -0.05) is 43.3 Å². The lowest BCUT2D eigenvalue weighted by Crippen LogP contribution is -2.44. The molecule has 0 saturated carbocycles. The van der Waals surface area contributed by atoms with Gasteiger partial charge in [-0.2, -0.15) is 0 Å². The van der Waals surface area contributed by atoms with E-state index in [-0.39, 0.29) is 12.1 Å². The molecule has 2 aromatic rings. The van der Waals surface area contributed by atoms with E-state index in [4.69, 9.17) is 0 Å². The van der Waals surface area contributed by atoms with E-state index in [0.29, 0.717) is 13.1 Å². The highest BCUT2D eigenvalue weighted by molar-refractivity contribution is 7.10. The fourth-order valence-electron chi connectivity index (χ4n) is 3.26. The second kappa shape index (κ2) is 9.02. The highest BCUT2D eigenvalue weighted by Gasteiger charge is 2.25. The number of hydrogen-bond acceptors (Lipinski definition) is 3. The molecule has 0 bridgehead atoms. The Morgan fingerprint density at radius 3 is 2.60 bits per heavy atom. The number of thiophene rings is 1. The molecule has 1 saturated heterocycles. The minimum Gasteiger partial charge on any atom is -0.336 e. The third-order valence-corrected chi connectivity index (χ3v) is 5.86.